The molecule has 1 aromatic rings. The lowest BCUT2D eigenvalue weighted by atomic mass is 10.2. The van der Waals surface area contributed by atoms with Gasteiger partial charge in [0.15, 0.2) is 5.78 Å². The second-order valence-electron chi connectivity index (χ2n) is 3.05. The molecular weight excluding hydrogens is 202 g/mol. The zero-order valence-corrected chi connectivity index (χ0v) is 8.09. The maximum Gasteiger partial charge on any atom is 0.160 e. The van der Waals surface area contributed by atoms with Gasteiger partial charge in [-0.15, -0.1) is 0 Å². The van der Waals surface area contributed by atoms with E-state index in [1.807, 2.05) is 0 Å². The molecule has 3 N–H and O–H groups in total. The zero-order chi connectivity index (χ0) is 11.3. The molecule has 0 unspecified atom stereocenters. The van der Waals surface area contributed by atoms with E-state index in [0.717, 1.165) is 0 Å². The Hall–Kier alpha value is -1.33. The van der Waals surface area contributed by atoms with Crippen molar-refractivity contribution >= 4 is 5.78 Å². The van der Waals surface area contributed by atoms with Crippen molar-refractivity contribution in [3.05, 3.63) is 35.4 Å². The lowest BCUT2D eigenvalue weighted by Crippen LogP contribution is -2.28. The number of carbonyl (C=O) groups is 1. The lowest BCUT2D eigenvalue weighted by Gasteiger charge is -2.05. The summed E-state index contributed by atoms with van der Waals surface area (Å²) in [6.45, 7) is -0.0821. The summed E-state index contributed by atoms with van der Waals surface area (Å²) < 4.78 is 26.1. The third-order valence-corrected chi connectivity index (χ3v) is 1.91. The van der Waals surface area contributed by atoms with Crippen LogP contribution in [0.3, 0.4) is 0 Å². The van der Waals surface area contributed by atoms with E-state index in [-0.39, 0.29) is 31.0 Å². The first kappa shape index (κ1) is 11.7. The van der Waals surface area contributed by atoms with Gasteiger partial charge in [-0.05, 0) is 12.1 Å². The predicted octanol–water partition coefficient (Wildman–Crippen LogP) is 0.582. The van der Waals surface area contributed by atoms with Gasteiger partial charge in [0.1, 0.15) is 11.6 Å². The van der Waals surface area contributed by atoms with Crippen molar-refractivity contribution in [3.8, 4) is 0 Å². The highest BCUT2D eigenvalue weighted by Crippen LogP contribution is 2.11. The van der Waals surface area contributed by atoms with Crippen LogP contribution in [-0.4, -0.2) is 18.9 Å². The Morgan fingerprint density at radius 3 is 2.47 bits per heavy atom. The molecule has 0 fully saturated rings. The van der Waals surface area contributed by atoms with Crippen LogP contribution in [0.15, 0.2) is 18.2 Å². The van der Waals surface area contributed by atoms with Crippen molar-refractivity contribution in [1.82, 2.24) is 5.32 Å². The average molecular weight is 214 g/mol. The number of nitrogens with two attached hydrogens (primary N) is 1. The summed E-state index contributed by atoms with van der Waals surface area (Å²) in [7, 11) is 0. The number of halogens is 2. The van der Waals surface area contributed by atoms with E-state index in [1.165, 1.54) is 18.2 Å². The Bertz CT molecular complexity index is 335. The Morgan fingerprint density at radius 1 is 1.33 bits per heavy atom. The van der Waals surface area contributed by atoms with Crippen molar-refractivity contribution in [3.63, 3.8) is 0 Å². The summed E-state index contributed by atoms with van der Waals surface area (Å²) in [4.78, 5) is 10.8. The minimum atomic E-state index is -0.623. The second-order valence-corrected chi connectivity index (χ2v) is 3.05. The van der Waals surface area contributed by atoms with Crippen molar-refractivity contribution in [2.24, 2.45) is 5.73 Å². The van der Waals surface area contributed by atoms with Crippen LogP contribution in [0, 0.1) is 11.6 Å². The summed E-state index contributed by atoms with van der Waals surface area (Å²) in [5, 5.41) is 2.62. The van der Waals surface area contributed by atoms with Gasteiger partial charge >= 0.3 is 0 Å². The molecule has 0 atom stereocenters. The van der Waals surface area contributed by atoms with Gasteiger partial charge in [-0.2, -0.15) is 0 Å². The molecule has 5 heteroatoms. The molecule has 1 aromatic carbocycles. The van der Waals surface area contributed by atoms with Crippen molar-refractivity contribution in [1.29, 1.82) is 0 Å². The quantitative estimate of drug-likeness (QED) is 0.754. The van der Waals surface area contributed by atoms with E-state index >= 15 is 0 Å². The molecule has 0 aliphatic carbocycles. The summed E-state index contributed by atoms with van der Waals surface area (Å²) >= 11 is 0. The fourth-order valence-corrected chi connectivity index (χ4v) is 1.10. The summed E-state index contributed by atoms with van der Waals surface area (Å²) in [6, 6.07) is 3.63. The van der Waals surface area contributed by atoms with E-state index in [9.17, 15) is 13.6 Å². The average Bonchev–Trinajstić information content (AvgIpc) is 2.22. The highest BCUT2D eigenvalue weighted by molar-refractivity contribution is 5.82. The van der Waals surface area contributed by atoms with Gasteiger partial charge in [0.05, 0.1) is 13.1 Å². The smallest absolute Gasteiger partial charge is 0.160 e. The molecule has 0 saturated carbocycles. The zero-order valence-electron chi connectivity index (χ0n) is 8.09. The summed E-state index contributed by atoms with van der Waals surface area (Å²) in [5.41, 5.74) is 5.01. The first-order valence-electron chi connectivity index (χ1n) is 4.50. The molecule has 1 rings (SSSR count). The van der Waals surface area contributed by atoms with Gasteiger partial charge in [0, 0.05) is 12.1 Å². The van der Waals surface area contributed by atoms with Gasteiger partial charge in [-0.25, -0.2) is 8.78 Å². The van der Waals surface area contributed by atoms with E-state index in [2.05, 4.69) is 5.32 Å². The van der Waals surface area contributed by atoms with Gasteiger partial charge in [0.25, 0.3) is 0 Å². The molecule has 0 spiro atoms. The topological polar surface area (TPSA) is 55.1 Å². The molecule has 0 bridgehead atoms. The van der Waals surface area contributed by atoms with Crippen molar-refractivity contribution in [2.45, 2.75) is 6.54 Å². The number of nitrogens with one attached hydrogen (secondary N) is 1. The predicted molar refractivity (Wildman–Crippen MR) is 52.1 cm³/mol. The molecule has 0 amide bonds. The molecule has 0 heterocycles. The molecular formula is C10H12F2N2O. The van der Waals surface area contributed by atoms with E-state index in [4.69, 9.17) is 5.73 Å². The minimum Gasteiger partial charge on any atom is -0.324 e. The van der Waals surface area contributed by atoms with Gasteiger partial charge in [-0.1, -0.05) is 6.07 Å². The maximum atomic E-state index is 13.1. The van der Waals surface area contributed by atoms with Crippen LogP contribution in [0.2, 0.25) is 0 Å². The number of carbonyl (C=O) groups excluding carboxylic acids is 1. The minimum absolute atomic E-state index is 0.0181. The largest absolute Gasteiger partial charge is 0.324 e. The van der Waals surface area contributed by atoms with Crippen molar-refractivity contribution < 1.29 is 13.6 Å². The Labute approximate surface area is 86.3 Å². The number of rotatable bonds is 5. The molecule has 15 heavy (non-hydrogen) atoms. The van der Waals surface area contributed by atoms with Crippen LogP contribution in [0.4, 0.5) is 8.78 Å². The molecule has 82 valence electrons. The molecule has 0 aliphatic heterocycles. The summed E-state index contributed by atoms with van der Waals surface area (Å²) in [6.07, 6.45) is 0. The molecule has 0 radical (unpaired) electrons. The highest BCUT2D eigenvalue weighted by atomic mass is 19.1. The fraction of sp³-hybridized carbons (Fsp3) is 0.300. The Morgan fingerprint density at radius 2 is 1.93 bits per heavy atom. The fourth-order valence-electron chi connectivity index (χ4n) is 1.10. The number of benzene rings is 1. The van der Waals surface area contributed by atoms with Crippen LogP contribution in [0.25, 0.3) is 0 Å². The van der Waals surface area contributed by atoms with Gasteiger partial charge in [-0.3, -0.25) is 4.79 Å². The molecule has 0 saturated heterocycles. The number of hydrogen-bond donors (Lipinski definition) is 2. The van der Waals surface area contributed by atoms with E-state index < -0.39 is 11.6 Å². The van der Waals surface area contributed by atoms with Gasteiger partial charge in [0.2, 0.25) is 0 Å². The number of hydrogen-bond acceptors (Lipinski definition) is 3. The van der Waals surface area contributed by atoms with E-state index in [1.54, 1.807) is 0 Å². The first-order valence-corrected chi connectivity index (χ1v) is 4.50. The standard InChI is InChI=1S/C10H12F2N2O/c11-9-2-1-3-10(12)8(9)6-14-5-7(15)4-13/h1-3,14H,4-6,13H2. The van der Waals surface area contributed by atoms with Crippen LogP contribution >= 0.6 is 0 Å². The number of Topliss-reactive ketones (excluding diaryl/α,β-unsaturated/α-hetero) is 1. The van der Waals surface area contributed by atoms with Crippen LogP contribution in [-0.2, 0) is 11.3 Å². The Balaban J connectivity index is 2.54. The summed E-state index contributed by atoms with van der Waals surface area (Å²) in [5.74, 6) is -1.45. The maximum absolute atomic E-state index is 13.1. The third-order valence-electron chi connectivity index (χ3n) is 1.91. The van der Waals surface area contributed by atoms with Crippen LogP contribution in [0.5, 0.6) is 0 Å². The third kappa shape index (κ3) is 3.38. The van der Waals surface area contributed by atoms with Crippen LogP contribution in [0.1, 0.15) is 5.56 Å². The van der Waals surface area contributed by atoms with Gasteiger partial charge < -0.3 is 11.1 Å². The SMILES string of the molecule is NCC(=O)CNCc1c(F)cccc1F. The monoisotopic (exact) mass is 214 g/mol. The first-order chi connectivity index (χ1) is 7.15. The normalized spacial score (nSPS) is 10.3. The molecule has 0 aromatic heterocycles. The molecule has 3 nitrogen and oxygen atoms in total. The van der Waals surface area contributed by atoms with Crippen molar-refractivity contribution in [2.75, 3.05) is 13.1 Å². The highest BCUT2D eigenvalue weighted by Gasteiger charge is 2.07. The van der Waals surface area contributed by atoms with E-state index in [0.29, 0.717) is 0 Å². The molecule has 0 aliphatic rings. The second kappa shape index (κ2) is 5.53. The lowest BCUT2D eigenvalue weighted by molar-refractivity contribution is -0.116. The Kier molecular flexibility index (Phi) is 4.33. The van der Waals surface area contributed by atoms with Crippen LogP contribution < -0.4 is 11.1 Å². The number of ketones is 1.